The summed E-state index contributed by atoms with van der Waals surface area (Å²) < 4.78 is 24.2. The molecule has 20 heavy (non-hydrogen) atoms. The molecule has 5 nitrogen and oxygen atoms in total. The van der Waals surface area contributed by atoms with Gasteiger partial charge in [-0.3, -0.25) is 0 Å². The van der Waals surface area contributed by atoms with Gasteiger partial charge in [-0.25, -0.2) is 13.2 Å². The van der Waals surface area contributed by atoms with Gasteiger partial charge in [0.15, 0.2) is 9.84 Å². The van der Waals surface area contributed by atoms with Crippen LogP contribution in [0, 0.1) is 11.3 Å². The molecule has 8 heteroatoms. The summed E-state index contributed by atoms with van der Waals surface area (Å²) in [4.78, 5) is 10.7. The molecule has 0 aliphatic rings. The average molecular weight is 336 g/mol. The second-order valence-corrected chi connectivity index (χ2v) is 6.89. The standard InChI is InChI=1S/C12H11Cl2NO4S/c13-9-7-10(14)11(6-8(9)12(16)17)20(18,19)5-3-1-2-4-15/h6-7H,1-3,5H2,(H,16,17). The Hall–Kier alpha value is -1.29. The lowest BCUT2D eigenvalue weighted by Crippen LogP contribution is -2.09. The Labute approximate surface area is 126 Å². The predicted molar refractivity (Wildman–Crippen MR) is 74.9 cm³/mol. The van der Waals surface area contributed by atoms with Crippen LogP contribution in [0.25, 0.3) is 0 Å². The molecular formula is C12H11Cl2NO4S. The molecule has 0 saturated carbocycles. The number of rotatable bonds is 6. The Morgan fingerprint density at radius 2 is 1.90 bits per heavy atom. The third-order valence-corrected chi connectivity index (χ3v) is 5.11. The summed E-state index contributed by atoms with van der Waals surface area (Å²) in [5, 5.41) is 17.1. The van der Waals surface area contributed by atoms with Crippen molar-refractivity contribution in [1.82, 2.24) is 0 Å². The van der Waals surface area contributed by atoms with E-state index in [0.717, 1.165) is 12.1 Å². The third-order valence-electron chi connectivity index (χ3n) is 2.54. The number of carboxylic acid groups (broad SMARTS) is 1. The maximum absolute atomic E-state index is 12.1. The Kier molecular flexibility index (Phi) is 5.81. The smallest absolute Gasteiger partial charge is 0.337 e. The van der Waals surface area contributed by atoms with Gasteiger partial charge in [0.05, 0.1) is 32.3 Å². The third kappa shape index (κ3) is 4.10. The Bertz CT molecular complexity index is 665. The summed E-state index contributed by atoms with van der Waals surface area (Å²) >= 11 is 11.5. The van der Waals surface area contributed by atoms with Crippen LogP contribution >= 0.6 is 23.2 Å². The zero-order valence-corrected chi connectivity index (χ0v) is 12.6. The molecular weight excluding hydrogens is 325 g/mol. The minimum atomic E-state index is -3.71. The van der Waals surface area contributed by atoms with Crippen molar-refractivity contribution in [1.29, 1.82) is 5.26 Å². The number of benzene rings is 1. The van der Waals surface area contributed by atoms with Crippen LogP contribution in [0.5, 0.6) is 0 Å². The molecule has 1 rings (SSSR count). The van der Waals surface area contributed by atoms with E-state index in [1.54, 1.807) is 0 Å². The molecule has 0 atom stereocenters. The lowest BCUT2D eigenvalue weighted by Gasteiger charge is -2.08. The van der Waals surface area contributed by atoms with Crippen LogP contribution in [0.2, 0.25) is 10.0 Å². The summed E-state index contributed by atoms with van der Waals surface area (Å²) in [6, 6.07) is 3.99. The molecule has 0 aliphatic carbocycles. The molecule has 0 heterocycles. The first-order valence-electron chi connectivity index (χ1n) is 5.61. The Balaban J connectivity index is 3.09. The van der Waals surface area contributed by atoms with Gasteiger partial charge in [0.2, 0.25) is 0 Å². The number of carboxylic acids is 1. The van der Waals surface area contributed by atoms with Crippen LogP contribution in [-0.2, 0) is 9.84 Å². The minimum absolute atomic E-state index is 0.111. The highest BCUT2D eigenvalue weighted by molar-refractivity contribution is 7.91. The number of halogens is 2. The zero-order chi connectivity index (χ0) is 15.3. The van der Waals surface area contributed by atoms with Crippen LogP contribution in [0.4, 0.5) is 0 Å². The molecule has 108 valence electrons. The van der Waals surface area contributed by atoms with Gasteiger partial charge in [0, 0.05) is 6.42 Å². The number of unbranched alkanes of at least 4 members (excludes halogenated alkanes) is 2. The number of nitrogens with zero attached hydrogens (tertiary/aromatic N) is 1. The number of sulfone groups is 1. The summed E-state index contributed by atoms with van der Waals surface area (Å²) in [6.07, 6.45) is 1.02. The molecule has 0 unspecified atom stereocenters. The van der Waals surface area contributed by atoms with Crippen molar-refractivity contribution in [2.45, 2.75) is 24.2 Å². The molecule has 0 aromatic heterocycles. The van der Waals surface area contributed by atoms with Crippen LogP contribution in [-0.4, -0.2) is 25.2 Å². The zero-order valence-electron chi connectivity index (χ0n) is 10.3. The first-order valence-corrected chi connectivity index (χ1v) is 8.02. The first kappa shape index (κ1) is 16.8. The minimum Gasteiger partial charge on any atom is -0.478 e. The van der Waals surface area contributed by atoms with Crippen molar-refractivity contribution in [3.63, 3.8) is 0 Å². The van der Waals surface area contributed by atoms with E-state index in [2.05, 4.69) is 0 Å². The van der Waals surface area contributed by atoms with E-state index in [-0.39, 0.29) is 32.7 Å². The number of nitriles is 1. The number of carbonyl (C=O) groups is 1. The van der Waals surface area contributed by atoms with Gasteiger partial charge in [-0.1, -0.05) is 23.2 Å². The van der Waals surface area contributed by atoms with Crippen molar-refractivity contribution < 1.29 is 18.3 Å². The van der Waals surface area contributed by atoms with Crippen LogP contribution in [0.1, 0.15) is 29.6 Å². The highest BCUT2D eigenvalue weighted by Gasteiger charge is 2.22. The fourth-order valence-electron chi connectivity index (χ4n) is 1.54. The van der Waals surface area contributed by atoms with Crippen LogP contribution in [0.3, 0.4) is 0 Å². The fraction of sp³-hybridized carbons (Fsp3) is 0.333. The summed E-state index contributed by atoms with van der Waals surface area (Å²) in [5.41, 5.74) is -0.313. The molecule has 1 aromatic rings. The topological polar surface area (TPSA) is 95.2 Å². The SMILES string of the molecule is N#CCCCCS(=O)(=O)c1cc(C(=O)O)c(Cl)cc1Cl. The van der Waals surface area contributed by atoms with Crippen LogP contribution in [0.15, 0.2) is 17.0 Å². The molecule has 0 fully saturated rings. The van der Waals surface area contributed by atoms with E-state index in [1.165, 1.54) is 0 Å². The second-order valence-electron chi connectivity index (χ2n) is 4.00. The molecule has 0 radical (unpaired) electrons. The van der Waals surface area contributed by atoms with E-state index < -0.39 is 15.8 Å². The molecule has 0 saturated heterocycles. The lowest BCUT2D eigenvalue weighted by molar-refractivity contribution is 0.0697. The fourth-order valence-corrected chi connectivity index (χ4v) is 3.81. The molecule has 1 aromatic carbocycles. The highest BCUT2D eigenvalue weighted by Crippen LogP contribution is 2.29. The van der Waals surface area contributed by atoms with Gasteiger partial charge in [-0.05, 0) is 25.0 Å². The van der Waals surface area contributed by atoms with Crippen molar-refractivity contribution in [2.24, 2.45) is 0 Å². The summed E-state index contributed by atoms with van der Waals surface area (Å²) in [6.45, 7) is 0. The van der Waals surface area contributed by atoms with Crippen molar-refractivity contribution in [3.8, 4) is 6.07 Å². The lowest BCUT2D eigenvalue weighted by atomic mass is 10.2. The van der Waals surface area contributed by atoms with Gasteiger partial charge in [-0.2, -0.15) is 5.26 Å². The largest absolute Gasteiger partial charge is 0.478 e. The van der Waals surface area contributed by atoms with Gasteiger partial charge >= 0.3 is 5.97 Å². The number of hydrogen-bond donors (Lipinski definition) is 1. The maximum Gasteiger partial charge on any atom is 0.337 e. The van der Waals surface area contributed by atoms with Crippen LogP contribution < -0.4 is 0 Å². The summed E-state index contributed by atoms with van der Waals surface area (Å²) in [5.74, 6) is -1.53. The van der Waals surface area contributed by atoms with E-state index in [4.69, 9.17) is 33.6 Å². The van der Waals surface area contributed by atoms with Gasteiger partial charge in [-0.15, -0.1) is 0 Å². The van der Waals surface area contributed by atoms with E-state index in [9.17, 15) is 13.2 Å². The van der Waals surface area contributed by atoms with E-state index >= 15 is 0 Å². The van der Waals surface area contributed by atoms with E-state index in [1.807, 2.05) is 6.07 Å². The molecule has 0 amide bonds. The van der Waals surface area contributed by atoms with Crippen molar-refractivity contribution in [2.75, 3.05) is 5.75 Å². The monoisotopic (exact) mass is 335 g/mol. The molecule has 0 spiro atoms. The quantitative estimate of drug-likeness (QED) is 0.805. The Morgan fingerprint density at radius 1 is 1.25 bits per heavy atom. The van der Waals surface area contributed by atoms with E-state index in [0.29, 0.717) is 12.8 Å². The van der Waals surface area contributed by atoms with Crippen molar-refractivity contribution >= 4 is 39.0 Å². The van der Waals surface area contributed by atoms with Gasteiger partial charge < -0.3 is 5.11 Å². The van der Waals surface area contributed by atoms with Gasteiger partial charge in [0.1, 0.15) is 0 Å². The number of aromatic carboxylic acids is 1. The first-order chi connectivity index (χ1) is 9.29. The normalized spacial score (nSPS) is 11.1. The maximum atomic E-state index is 12.1. The molecule has 1 N–H and O–H groups in total. The Morgan fingerprint density at radius 3 is 2.45 bits per heavy atom. The number of hydrogen-bond acceptors (Lipinski definition) is 4. The summed E-state index contributed by atoms with van der Waals surface area (Å²) in [7, 11) is -3.71. The highest BCUT2D eigenvalue weighted by atomic mass is 35.5. The molecule has 0 aliphatic heterocycles. The van der Waals surface area contributed by atoms with Gasteiger partial charge in [0.25, 0.3) is 0 Å². The predicted octanol–water partition coefficient (Wildman–Crippen LogP) is 3.16. The average Bonchev–Trinajstić information content (AvgIpc) is 2.33. The second kappa shape index (κ2) is 6.93. The molecule has 0 bridgehead atoms. The van der Waals surface area contributed by atoms with Crippen molar-refractivity contribution in [3.05, 3.63) is 27.7 Å².